The van der Waals surface area contributed by atoms with E-state index in [1.54, 1.807) is 18.3 Å². The van der Waals surface area contributed by atoms with Crippen molar-refractivity contribution >= 4 is 0 Å². The van der Waals surface area contributed by atoms with E-state index in [1.165, 1.54) is 0 Å². The number of benzene rings is 1. The predicted octanol–water partition coefficient (Wildman–Crippen LogP) is 1.75. The molecule has 0 spiro atoms. The van der Waals surface area contributed by atoms with E-state index in [9.17, 15) is 5.11 Å². The number of nitrogens with one attached hydrogen (secondary N) is 1. The lowest BCUT2D eigenvalue weighted by atomic mass is 10.2. The molecule has 0 aliphatic rings. The van der Waals surface area contributed by atoms with Crippen molar-refractivity contribution in [1.82, 2.24) is 14.9 Å². The molecular weight excluding hydrogens is 214 g/mol. The summed E-state index contributed by atoms with van der Waals surface area (Å²) in [5.41, 5.74) is 1.07. The standard InChI is InChI=1S/C13H17N3O/c1-2-14-9-13-15-6-7-16(13)10-11-4-3-5-12(17)8-11/h3-8,14,17H,2,9-10H2,1H3. The van der Waals surface area contributed by atoms with Crippen molar-refractivity contribution < 1.29 is 5.11 Å². The maximum absolute atomic E-state index is 9.42. The highest BCUT2D eigenvalue weighted by atomic mass is 16.3. The van der Waals surface area contributed by atoms with E-state index in [4.69, 9.17) is 0 Å². The van der Waals surface area contributed by atoms with Crippen molar-refractivity contribution in [3.8, 4) is 5.75 Å². The molecular formula is C13H17N3O. The summed E-state index contributed by atoms with van der Waals surface area (Å²) in [5.74, 6) is 1.31. The lowest BCUT2D eigenvalue weighted by Crippen LogP contribution is -2.16. The largest absolute Gasteiger partial charge is 0.508 e. The second kappa shape index (κ2) is 5.50. The van der Waals surface area contributed by atoms with Crippen LogP contribution in [0.25, 0.3) is 0 Å². The van der Waals surface area contributed by atoms with E-state index in [1.807, 2.05) is 18.3 Å². The van der Waals surface area contributed by atoms with E-state index in [2.05, 4.69) is 21.8 Å². The summed E-state index contributed by atoms with van der Waals surface area (Å²) in [6.07, 6.45) is 3.76. The zero-order chi connectivity index (χ0) is 12.1. The van der Waals surface area contributed by atoms with E-state index in [-0.39, 0.29) is 0 Å². The molecule has 17 heavy (non-hydrogen) atoms. The Labute approximate surface area is 101 Å². The predicted molar refractivity (Wildman–Crippen MR) is 66.8 cm³/mol. The Balaban J connectivity index is 2.10. The normalized spacial score (nSPS) is 10.6. The third kappa shape index (κ3) is 3.07. The summed E-state index contributed by atoms with van der Waals surface area (Å²) in [7, 11) is 0. The fourth-order valence-corrected chi connectivity index (χ4v) is 1.74. The first-order chi connectivity index (χ1) is 8.29. The van der Waals surface area contributed by atoms with Gasteiger partial charge in [-0.2, -0.15) is 0 Å². The maximum atomic E-state index is 9.42. The van der Waals surface area contributed by atoms with Crippen LogP contribution in [0, 0.1) is 0 Å². The zero-order valence-corrected chi connectivity index (χ0v) is 9.93. The second-order valence-electron chi connectivity index (χ2n) is 3.92. The molecule has 1 aromatic carbocycles. The van der Waals surface area contributed by atoms with Crippen LogP contribution in [0.1, 0.15) is 18.3 Å². The molecule has 0 saturated heterocycles. The number of hydrogen-bond acceptors (Lipinski definition) is 3. The van der Waals surface area contributed by atoms with Gasteiger partial charge >= 0.3 is 0 Å². The van der Waals surface area contributed by atoms with E-state index in [0.29, 0.717) is 5.75 Å². The quantitative estimate of drug-likeness (QED) is 0.824. The van der Waals surface area contributed by atoms with Crippen LogP contribution >= 0.6 is 0 Å². The number of imidazole rings is 1. The number of phenolic OH excluding ortho intramolecular Hbond substituents is 1. The van der Waals surface area contributed by atoms with Crippen LogP contribution < -0.4 is 5.32 Å². The first-order valence-corrected chi connectivity index (χ1v) is 5.78. The lowest BCUT2D eigenvalue weighted by molar-refractivity contribution is 0.474. The average molecular weight is 231 g/mol. The van der Waals surface area contributed by atoms with Crippen molar-refractivity contribution in [3.63, 3.8) is 0 Å². The fourth-order valence-electron chi connectivity index (χ4n) is 1.74. The molecule has 0 radical (unpaired) electrons. The molecule has 0 aliphatic carbocycles. The van der Waals surface area contributed by atoms with Crippen molar-refractivity contribution in [2.75, 3.05) is 6.54 Å². The van der Waals surface area contributed by atoms with Gasteiger partial charge in [-0.15, -0.1) is 0 Å². The molecule has 90 valence electrons. The van der Waals surface area contributed by atoms with Crippen LogP contribution in [0.15, 0.2) is 36.7 Å². The summed E-state index contributed by atoms with van der Waals surface area (Å²) in [4.78, 5) is 4.31. The number of aromatic nitrogens is 2. The van der Waals surface area contributed by atoms with E-state index < -0.39 is 0 Å². The summed E-state index contributed by atoms with van der Waals surface area (Å²) in [5, 5.41) is 12.7. The van der Waals surface area contributed by atoms with Gasteiger partial charge in [-0.3, -0.25) is 0 Å². The van der Waals surface area contributed by atoms with Gasteiger partial charge in [-0.1, -0.05) is 19.1 Å². The Morgan fingerprint density at radius 3 is 3.06 bits per heavy atom. The van der Waals surface area contributed by atoms with Gasteiger partial charge < -0.3 is 15.0 Å². The number of phenols is 1. The maximum Gasteiger partial charge on any atom is 0.122 e. The van der Waals surface area contributed by atoms with Crippen molar-refractivity contribution in [1.29, 1.82) is 0 Å². The molecule has 0 atom stereocenters. The molecule has 0 aliphatic heterocycles. The van der Waals surface area contributed by atoms with Gasteiger partial charge in [-0.25, -0.2) is 4.98 Å². The van der Waals surface area contributed by atoms with E-state index in [0.717, 1.165) is 31.0 Å². The molecule has 2 rings (SSSR count). The molecule has 4 heteroatoms. The zero-order valence-electron chi connectivity index (χ0n) is 9.93. The Kier molecular flexibility index (Phi) is 3.77. The fraction of sp³-hybridized carbons (Fsp3) is 0.308. The molecule has 1 aromatic heterocycles. The highest BCUT2D eigenvalue weighted by molar-refractivity contribution is 5.27. The molecule has 2 N–H and O–H groups in total. The summed E-state index contributed by atoms with van der Waals surface area (Å²) in [6.45, 7) is 4.50. The third-order valence-electron chi connectivity index (χ3n) is 2.60. The third-order valence-corrected chi connectivity index (χ3v) is 2.60. The monoisotopic (exact) mass is 231 g/mol. The number of hydrogen-bond donors (Lipinski definition) is 2. The van der Waals surface area contributed by atoms with Gasteiger partial charge in [0.05, 0.1) is 6.54 Å². The van der Waals surface area contributed by atoms with Crippen LogP contribution in [0.2, 0.25) is 0 Å². The Morgan fingerprint density at radius 2 is 2.29 bits per heavy atom. The Morgan fingerprint density at radius 1 is 1.41 bits per heavy atom. The summed E-state index contributed by atoms with van der Waals surface area (Å²) >= 11 is 0. The molecule has 1 heterocycles. The van der Waals surface area contributed by atoms with Gasteiger partial charge in [0.25, 0.3) is 0 Å². The van der Waals surface area contributed by atoms with Crippen molar-refractivity contribution in [2.24, 2.45) is 0 Å². The topological polar surface area (TPSA) is 50.1 Å². The molecule has 4 nitrogen and oxygen atoms in total. The van der Waals surface area contributed by atoms with Gasteiger partial charge in [0.1, 0.15) is 11.6 Å². The van der Waals surface area contributed by atoms with E-state index >= 15 is 0 Å². The number of nitrogens with zero attached hydrogens (tertiary/aromatic N) is 2. The first-order valence-electron chi connectivity index (χ1n) is 5.78. The smallest absolute Gasteiger partial charge is 0.122 e. The minimum absolute atomic E-state index is 0.302. The molecule has 0 unspecified atom stereocenters. The molecule has 0 fully saturated rings. The summed E-state index contributed by atoms with van der Waals surface area (Å²) in [6, 6.07) is 7.30. The Hall–Kier alpha value is -1.81. The van der Waals surface area contributed by atoms with Crippen molar-refractivity contribution in [2.45, 2.75) is 20.0 Å². The SMILES string of the molecule is CCNCc1nccn1Cc1cccc(O)c1. The van der Waals surface area contributed by atoms with Crippen molar-refractivity contribution in [3.05, 3.63) is 48.0 Å². The van der Waals surface area contributed by atoms with Gasteiger partial charge in [0.2, 0.25) is 0 Å². The minimum Gasteiger partial charge on any atom is -0.508 e. The van der Waals surface area contributed by atoms with Gasteiger partial charge in [0, 0.05) is 18.9 Å². The molecule has 0 bridgehead atoms. The second-order valence-corrected chi connectivity index (χ2v) is 3.92. The number of rotatable bonds is 5. The van der Waals surface area contributed by atoms with Crippen LogP contribution in [-0.4, -0.2) is 21.2 Å². The van der Waals surface area contributed by atoms with Crippen LogP contribution in [-0.2, 0) is 13.1 Å². The molecule has 0 saturated carbocycles. The highest BCUT2D eigenvalue weighted by Crippen LogP contribution is 2.12. The first kappa shape index (κ1) is 11.7. The average Bonchev–Trinajstić information content (AvgIpc) is 2.74. The highest BCUT2D eigenvalue weighted by Gasteiger charge is 2.03. The molecule has 2 aromatic rings. The van der Waals surface area contributed by atoms with Crippen LogP contribution in [0.4, 0.5) is 0 Å². The lowest BCUT2D eigenvalue weighted by Gasteiger charge is -2.08. The summed E-state index contributed by atoms with van der Waals surface area (Å²) < 4.78 is 2.08. The van der Waals surface area contributed by atoms with Crippen LogP contribution in [0.5, 0.6) is 5.75 Å². The number of aromatic hydroxyl groups is 1. The molecule has 0 amide bonds. The van der Waals surface area contributed by atoms with Gasteiger partial charge in [0.15, 0.2) is 0 Å². The Bertz CT molecular complexity index is 479. The van der Waals surface area contributed by atoms with Gasteiger partial charge in [-0.05, 0) is 24.2 Å². The minimum atomic E-state index is 0.302. The van der Waals surface area contributed by atoms with Crippen LogP contribution in [0.3, 0.4) is 0 Å².